The van der Waals surface area contributed by atoms with E-state index < -0.39 is 12.1 Å². The number of para-hydroxylation sites is 1. The van der Waals surface area contributed by atoms with E-state index >= 15 is 0 Å². The quantitative estimate of drug-likeness (QED) is 0.578. The van der Waals surface area contributed by atoms with Gasteiger partial charge in [-0.2, -0.15) is 0 Å². The number of ether oxygens (including phenoxy) is 1. The first-order chi connectivity index (χ1) is 12.8. The predicted octanol–water partition coefficient (Wildman–Crippen LogP) is 5.01. The molecule has 4 heteroatoms. The number of benzene rings is 2. The minimum atomic E-state index is -0.890. The molecule has 27 heavy (non-hydrogen) atoms. The van der Waals surface area contributed by atoms with Crippen LogP contribution in [0.3, 0.4) is 0 Å². The number of nitrogens with one attached hydrogen (secondary N) is 1. The van der Waals surface area contributed by atoms with Crippen molar-refractivity contribution in [2.45, 2.75) is 46.6 Å². The van der Waals surface area contributed by atoms with Crippen LogP contribution in [-0.2, 0) is 14.3 Å². The molecule has 0 aliphatic rings. The summed E-state index contributed by atoms with van der Waals surface area (Å²) in [5, 5.41) is 2.91. The van der Waals surface area contributed by atoms with E-state index in [0.717, 1.165) is 27.9 Å². The lowest BCUT2D eigenvalue weighted by molar-refractivity contribution is -0.148. The van der Waals surface area contributed by atoms with Crippen LogP contribution in [0.4, 0.5) is 5.69 Å². The predicted molar refractivity (Wildman–Crippen MR) is 110 cm³/mol. The average molecular weight is 365 g/mol. The Bertz CT molecular complexity index is 852. The maximum absolute atomic E-state index is 12.5. The van der Waals surface area contributed by atoms with Gasteiger partial charge in [-0.15, -0.1) is 0 Å². The summed E-state index contributed by atoms with van der Waals surface area (Å²) < 4.78 is 5.25. The lowest BCUT2D eigenvalue weighted by Crippen LogP contribution is -2.30. The summed E-state index contributed by atoms with van der Waals surface area (Å²) in [4.78, 5) is 24.5. The van der Waals surface area contributed by atoms with Gasteiger partial charge in [0.25, 0.3) is 5.91 Å². The van der Waals surface area contributed by atoms with Crippen LogP contribution >= 0.6 is 0 Å². The SMILES string of the molecule is Cc1ccccc1/C=C/C(=O)O[C@@H](C)C(=O)Nc1c(C)cccc1C(C)C. The molecule has 0 unspecified atom stereocenters. The summed E-state index contributed by atoms with van der Waals surface area (Å²) in [5.41, 5.74) is 4.82. The van der Waals surface area contributed by atoms with Gasteiger partial charge in [0, 0.05) is 11.8 Å². The zero-order chi connectivity index (χ0) is 20.0. The zero-order valence-corrected chi connectivity index (χ0v) is 16.6. The molecule has 1 amide bonds. The van der Waals surface area contributed by atoms with Crippen LogP contribution in [0.1, 0.15) is 48.9 Å². The highest BCUT2D eigenvalue weighted by molar-refractivity contribution is 5.97. The monoisotopic (exact) mass is 365 g/mol. The normalized spacial score (nSPS) is 12.2. The summed E-state index contributed by atoms with van der Waals surface area (Å²) in [6.45, 7) is 9.63. The topological polar surface area (TPSA) is 55.4 Å². The van der Waals surface area contributed by atoms with Crippen molar-refractivity contribution in [3.05, 3.63) is 70.8 Å². The van der Waals surface area contributed by atoms with Crippen LogP contribution < -0.4 is 5.32 Å². The van der Waals surface area contributed by atoms with Gasteiger partial charge in [-0.05, 0) is 55.0 Å². The van der Waals surface area contributed by atoms with Gasteiger partial charge < -0.3 is 10.1 Å². The molecule has 0 aliphatic carbocycles. The van der Waals surface area contributed by atoms with E-state index in [2.05, 4.69) is 19.2 Å². The molecule has 0 aromatic heterocycles. The first kappa shape index (κ1) is 20.4. The number of amides is 1. The molecule has 142 valence electrons. The van der Waals surface area contributed by atoms with Gasteiger partial charge in [0.15, 0.2) is 6.10 Å². The van der Waals surface area contributed by atoms with Crippen LogP contribution in [0.15, 0.2) is 48.5 Å². The number of carbonyl (C=O) groups excluding carboxylic acids is 2. The van der Waals surface area contributed by atoms with Crippen molar-refractivity contribution in [2.75, 3.05) is 5.32 Å². The molecule has 1 atom stereocenters. The third-order valence-corrected chi connectivity index (χ3v) is 4.42. The minimum absolute atomic E-state index is 0.273. The molecule has 0 saturated carbocycles. The molecular formula is C23H27NO3. The molecule has 4 nitrogen and oxygen atoms in total. The number of carbonyl (C=O) groups is 2. The lowest BCUT2D eigenvalue weighted by atomic mass is 9.98. The van der Waals surface area contributed by atoms with Gasteiger partial charge in [0.1, 0.15) is 0 Å². The molecule has 0 radical (unpaired) electrons. The van der Waals surface area contributed by atoms with Gasteiger partial charge in [0.05, 0.1) is 0 Å². The van der Waals surface area contributed by atoms with Crippen molar-refractivity contribution >= 4 is 23.6 Å². The molecule has 2 aromatic carbocycles. The van der Waals surface area contributed by atoms with E-state index in [1.807, 2.05) is 56.3 Å². The fraction of sp³-hybridized carbons (Fsp3) is 0.304. The molecule has 0 fully saturated rings. The molecular weight excluding hydrogens is 338 g/mol. The summed E-state index contributed by atoms with van der Waals surface area (Å²) >= 11 is 0. The Kier molecular flexibility index (Phi) is 6.94. The second-order valence-corrected chi connectivity index (χ2v) is 6.95. The molecule has 2 aromatic rings. The standard InChI is InChI=1S/C23H27NO3/c1-15(2)20-12-8-10-17(4)22(20)24-23(26)18(5)27-21(25)14-13-19-11-7-6-9-16(19)3/h6-15,18H,1-5H3,(H,24,26)/b14-13+/t18-/m0/s1. The van der Waals surface area contributed by atoms with Crippen LogP contribution in [0, 0.1) is 13.8 Å². The smallest absolute Gasteiger partial charge is 0.331 e. The van der Waals surface area contributed by atoms with Gasteiger partial charge >= 0.3 is 5.97 Å². The summed E-state index contributed by atoms with van der Waals surface area (Å²) in [6, 6.07) is 13.6. The Morgan fingerprint density at radius 1 is 0.963 bits per heavy atom. The van der Waals surface area contributed by atoms with Crippen LogP contribution in [0.2, 0.25) is 0 Å². The third kappa shape index (κ3) is 5.55. The van der Waals surface area contributed by atoms with Crippen molar-refractivity contribution in [3.8, 4) is 0 Å². The van der Waals surface area contributed by atoms with Crippen LogP contribution in [-0.4, -0.2) is 18.0 Å². The first-order valence-corrected chi connectivity index (χ1v) is 9.14. The van der Waals surface area contributed by atoms with Crippen LogP contribution in [0.25, 0.3) is 6.08 Å². The Balaban J connectivity index is 2.02. The fourth-order valence-corrected chi connectivity index (χ4v) is 2.77. The molecule has 2 rings (SSSR count). The highest BCUT2D eigenvalue weighted by Gasteiger charge is 2.19. The van der Waals surface area contributed by atoms with E-state index in [9.17, 15) is 9.59 Å². The second kappa shape index (κ2) is 9.17. The van der Waals surface area contributed by atoms with E-state index in [0.29, 0.717) is 0 Å². The second-order valence-electron chi connectivity index (χ2n) is 6.95. The van der Waals surface area contributed by atoms with Crippen LogP contribution in [0.5, 0.6) is 0 Å². The van der Waals surface area contributed by atoms with Crippen molar-refractivity contribution in [3.63, 3.8) is 0 Å². The molecule has 0 spiro atoms. The van der Waals surface area contributed by atoms with E-state index in [-0.39, 0.29) is 11.8 Å². The maximum Gasteiger partial charge on any atom is 0.331 e. The number of hydrogen-bond acceptors (Lipinski definition) is 3. The van der Waals surface area contributed by atoms with Crippen molar-refractivity contribution < 1.29 is 14.3 Å². The summed E-state index contributed by atoms with van der Waals surface area (Å²) in [7, 11) is 0. The van der Waals surface area contributed by atoms with E-state index in [1.165, 1.54) is 6.08 Å². The summed E-state index contributed by atoms with van der Waals surface area (Å²) in [5.74, 6) is -0.617. The Morgan fingerprint density at radius 2 is 1.63 bits per heavy atom. The molecule has 0 saturated heterocycles. The Labute approximate surface area is 161 Å². The molecule has 1 N–H and O–H groups in total. The lowest BCUT2D eigenvalue weighted by Gasteiger charge is -2.18. The number of esters is 1. The summed E-state index contributed by atoms with van der Waals surface area (Å²) in [6.07, 6.45) is 2.15. The van der Waals surface area contributed by atoms with Gasteiger partial charge in [-0.25, -0.2) is 4.79 Å². The molecule has 0 bridgehead atoms. The van der Waals surface area contributed by atoms with Crippen molar-refractivity contribution in [1.29, 1.82) is 0 Å². The Morgan fingerprint density at radius 3 is 2.30 bits per heavy atom. The zero-order valence-electron chi connectivity index (χ0n) is 16.6. The third-order valence-electron chi connectivity index (χ3n) is 4.42. The first-order valence-electron chi connectivity index (χ1n) is 9.14. The Hall–Kier alpha value is -2.88. The highest BCUT2D eigenvalue weighted by atomic mass is 16.5. The number of aryl methyl sites for hydroxylation is 2. The van der Waals surface area contributed by atoms with Gasteiger partial charge in [0.2, 0.25) is 0 Å². The average Bonchev–Trinajstić information content (AvgIpc) is 2.62. The fourth-order valence-electron chi connectivity index (χ4n) is 2.77. The maximum atomic E-state index is 12.5. The largest absolute Gasteiger partial charge is 0.449 e. The van der Waals surface area contributed by atoms with E-state index in [1.54, 1.807) is 13.0 Å². The van der Waals surface area contributed by atoms with Gasteiger partial charge in [-0.1, -0.05) is 56.3 Å². The minimum Gasteiger partial charge on any atom is -0.449 e. The molecule has 0 heterocycles. The number of anilines is 1. The highest BCUT2D eigenvalue weighted by Crippen LogP contribution is 2.27. The van der Waals surface area contributed by atoms with Gasteiger partial charge in [-0.3, -0.25) is 4.79 Å². The van der Waals surface area contributed by atoms with Crippen molar-refractivity contribution in [2.24, 2.45) is 0 Å². The number of hydrogen-bond donors (Lipinski definition) is 1. The number of rotatable bonds is 6. The van der Waals surface area contributed by atoms with Crippen molar-refractivity contribution in [1.82, 2.24) is 0 Å². The van der Waals surface area contributed by atoms with E-state index in [4.69, 9.17) is 4.74 Å². The molecule has 0 aliphatic heterocycles.